The highest BCUT2D eigenvalue weighted by Crippen LogP contribution is 2.12. The Morgan fingerprint density at radius 3 is 2.83 bits per heavy atom. The SMILES string of the molecule is CCCCCOc1ccc(/C=N/Nc2nc(=O)[nH]nc2C)cc1. The zero-order valence-electron chi connectivity index (χ0n) is 13.4. The Morgan fingerprint density at radius 2 is 2.09 bits per heavy atom. The van der Waals surface area contributed by atoms with Gasteiger partial charge < -0.3 is 4.74 Å². The van der Waals surface area contributed by atoms with Crippen LogP contribution in [-0.4, -0.2) is 28.0 Å². The maximum atomic E-state index is 11.1. The van der Waals surface area contributed by atoms with Crippen LogP contribution >= 0.6 is 0 Å². The second kappa shape index (κ2) is 8.67. The van der Waals surface area contributed by atoms with Crippen LogP contribution in [0.1, 0.15) is 37.4 Å². The van der Waals surface area contributed by atoms with Crippen molar-refractivity contribution in [2.24, 2.45) is 5.10 Å². The van der Waals surface area contributed by atoms with Gasteiger partial charge in [-0.15, -0.1) is 0 Å². The number of hydrazone groups is 1. The second-order valence-corrected chi connectivity index (χ2v) is 5.07. The molecule has 23 heavy (non-hydrogen) atoms. The summed E-state index contributed by atoms with van der Waals surface area (Å²) in [5, 5.41) is 10.1. The van der Waals surface area contributed by atoms with Crippen LogP contribution in [0.2, 0.25) is 0 Å². The molecule has 7 heteroatoms. The van der Waals surface area contributed by atoms with Crippen molar-refractivity contribution >= 4 is 12.0 Å². The number of benzene rings is 1. The number of anilines is 1. The number of H-pyrrole nitrogens is 1. The fourth-order valence-corrected chi connectivity index (χ4v) is 1.86. The molecule has 0 amide bonds. The zero-order chi connectivity index (χ0) is 16.5. The maximum absolute atomic E-state index is 11.1. The van der Waals surface area contributed by atoms with Crippen molar-refractivity contribution in [3.05, 3.63) is 46.0 Å². The van der Waals surface area contributed by atoms with Crippen molar-refractivity contribution in [3.63, 3.8) is 0 Å². The molecular formula is C16H21N5O2. The predicted molar refractivity (Wildman–Crippen MR) is 90.1 cm³/mol. The number of unbranched alkanes of at least 4 members (excludes halogenated alkanes) is 2. The van der Waals surface area contributed by atoms with E-state index in [2.05, 4.69) is 32.6 Å². The topological polar surface area (TPSA) is 92.3 Å². The van der Waals surface area contributed by atoms with E-state index in [-0.39, 0.29) is 0 Å². The molecule has 0 aliphatic rings. The van der Waals surface area contributed by atoms with Gasteiger partial charge in [0.2, 0.25) is 0 Å². The van der Waals surface area contributed by atoms with Crippen molar-refractivity contribution < 1.29 is 4.74 Å². The minimum atomic E-state index is -0.516. The fraction of sp³-hybridized carbons (Fsp3) is 0.375. The first-order chi connectivity index (χ1) is 11.2. The van der Waals surface area contributed by atoms with Crippen molar-refractivity contribution in [2.45, 2.75) is 33.1 Å². The van der Waals surface area contributed by atoms with Gasteiger partial charge in [0.25, 0.3) is 0 Å². The summed E-state index contributed by atoms with van der Waals surface area (Å²) in [6, 6.07) is 7.64. The fourth-order valence-electron chi connectivity index (χ4n) is 1.86. The molecule has 0 saturated carbocycles. The minimum Gasteiger partial charge on any atom is -0.494 e. The van der Waals surface area contributed by atoms with Crippen LogP contribution < -0.4 is 15.9 Å². The molecular weight excluding hydrogens is 294 g/mol. The average Bonchev–Trinajstić information content (AvgIpc) is 2.56. The molecule has 2 rings (SSSR count). The van der Waals surface area contributed by atoms with E-state index in [4.69, 9.17) is 4.74 Å². The third-order valence-corrected chi connectivity index (χ3v) is 3.16. The molecule has 1 aromatic carbocycles. The molecule has 0 aliphatic carbocycles. The van der Waals surface area contributed by atoms with Crippen molar-refractivity contribution in [1.82, 2.24) is 15.2 Å². The molecule has 2 N–H and O–H groups in total. The van der Waals surface area contributed by atoms with Crippen LogP contribution in [0.4, 0.5) is 5.82 Å². The Labute approximate surface area is 134 Å². The number of nitrogens with one attached hydrogen (secondary N) is 2. The number of hydrogen-bond acceptors (Lipinski definition) is 6. The van der Waals surface area contributed by atoms with E-state index in [0.717, 1.165) is 24.3 Å². The molecule has 0 fully saturated rings. The Bertz CT molecular complexity index is 694. The Hall–Kier alpha value is -2.70. The smallest absolute Gasteiger partial charge is 0.363 e. The summed E-state index contributed by atoms with van der Waals surface area (Å²) < 4.78 is 5.65. The van der Waals surface area contributed by atoms with Gasteiger partial charge in [-0.05, 0) is 43.2 Å². The summed E-state index contributed by atoms with van der Waals surface area (Å²) in [5.74, 6) is 1.18. The summed E-state index contributed by atoms with van der Waals surface area (Å²) in [5.41, 5.74) is 3.67. The van der Waals surface area contributed by atoms with E-state index in [1.54, 1.807) is 13.1 Å². The highest BCUT2D eigenvalue weighted by atomic mass is 16.5. The number of hydrogen-bond donors (Lipinski definition) is 2. The van der Waals surface area contributed by atoms with Crippen LogP contribution in [0.15, 0.2) is 34.2 Å². The number of aromatic nitrogens is 3. The standard InChI is InChI=1S/C16H21N5O2/c1-3-4-5-10-23-14-8-6-13(7-9-14)11-17-20-15-12(2)19-21-16(22)18-15/h6-9,11H,3-5,10H2,1-2H3,(H2,18,20,21,22)/b17-11+. The van der Waals surface area contributed by atoms with Crippen LogP contribution in [-0.2, 0) is 0 Å². The van der Waals surface area contributed by atoms with Gasteiger partial charge in [-0.1, -0.05) is 19.8 Å². The molecule has 1 heterocycles. The van der Waals surface area contributed by atoms with Gasteiger partial charge in [0, 0.05) is 0 Å². The Balaban J connectivity index is 1.87. The quantitative estimate of drug-likeness (QED) is 0.443. The van der Waals surface area contributed by atoms with Crippen LogP contribution in [0, 0.1) is 6.92 Å². The van der Waals surface area contributed by atoms with Gasteiger partial charge in [0.05, 0.1) is 12.8 Å². The molecule has 0 aliphatic heterocycles. The average molecular weight is 315 g/mol. The molecule has 2 aromatic rings. The van der Waals surface area contributed by atoms with Crippen LogP contribution in [0.25, 0.3) is 0 Å². The van der Waals surface area contributed by atoms with E-state index in [9.17, 15) is 4.79 Å². The monoisotopic (exact) mass is 315 g/mol. The number of ether oxygens (including phenoxy) is 1. The number of aryl methyl sites for hydroxylation is 1. The van der Waals surface area contributed by atoms with E-state index in [1.165, 1.54) is 12.8 Å². The number of aromatic amines is 1. The van der Waals surface area contributed by atoms with E-state index in [0.29, 0.717) is 11.5 Å². The lowest BCUT2D eigenvalue weighted by Gasteiger charge is -2.05. The van der Waals surface area contributed by atoms with Gasteiger partial charge in [-0.2, -0.15) is 15.2 Å². The zero-order valence-corrected chi connectivity index (χ0v) is 13.4. The first-order valence-corrected chi connectivity index (χ1v) is 7.64. The molecule has 7 nitrogen and oxygen atoms in total. The Kier molecular flexibility index (Phi) is 6.28. The Morgan fingerprint density at radius 1 is 1.30 bits per heavy atom. The minimum absolute atomic E-state index is 0.334. The van der Waals surface area contributed by atoms with Crippen LogP contribution in [0.5, 0.6) is 5.75 Å². The number of nitrogens with zero attached hydrogens (tertiary/aromatic N) is 3. The third-order valence-electron chi connectivity index (χ3n) is 3.16. The molecule has 1 aromatic heterocycles. The van der Waals surface area contributed by atoms with Crippen LogP contribution in [0.3, 0.4) is 0 Å². The van der Waals surface area contributed by atoms with Crippen molar-refractivity contribution in [3.8, 4) is 5.75 Å². The highest BCUT2D eigenvalue weighted by molar-refractivity contribution is 5.80. The molecule has 122 valence electrons. The summed E-state index contributed by atoms with van der Waals surface area (Å²) in [7, 11) is 0. The predicted octanol–water partition coefficient (Wildman–Crippen LogP) is 2.49. The molecule has 0 atom stereocenters. The maximum Gasteiger partial charge on any atom is 0.363 e. The lowest BCUT2D eigenvalue weighted by molar-refractivity contribution is 0.306. The summed E-state index contributed by atoms with van der Waals surface area (Å²) in [6.07, 6.45) is 5.08. The van der Waals surface area contributed by atoms with Gasteiger partial charge in [-0.25, -0.2) is 9.89 Å². The van der Waals surface area contributed by atoms with E-state index >= 15 is 0 Å². The normalized spacial score (nSPS) is 10.9. The second-order valence-electron chi connectivity index (χ2n) is 5.07. The molecule has 0 radical (unpaired) electrons. The number of rotatable bonds is 8. The van der Waals surface area contributed by atoms with Gasteiger partial charge in [0.15, 0.2) is 5.82 Å². The molecule has 0 unspecified atom stereocenters. The van der Waals surface area contributed by atoms with Crippen molar-refractivity contribution in [1.29, 1.82) is 0 Å². The third kappa shape index (κ3) is 5.54. The highest BCUT2D eigenvalue weighted by Gasteiger charge is 2.00. The molecule has 0 spiro atoms. The van der Waals surface area contributed by atoms with Gasteiger partial charge in [0.1, 0.15) is 11.4 Å². The lowest BCUT2D eigenvalue weighted by atomic mass is 10.2. The largest absolute Gasteiger partial charge is 0.494 e. The first kappa shape index (κ1) is 16.7. The van der Waals surface area contributed by atoms with E-state index < -0.39 is 5.69 Å². The van der Waals surface area contributed by atoms with Gasteiger partial charge >= 0.3 is 5.69 Å². The molecule has 0 saturated heterocycles. The van der Waals surface area contributed by atoms with Crippen molar-refractivity contribution in [2.75, 3.05) is 12.0 Å². The summed E-state index contributed by atoms with van der Waals surface area (Å²) in [4.78, 5) is 14.9. The summed E-state index contributed by atoms with van der Waals surface area (Å²) in [6.45, 7) is 4.63. The first-order valence-electron chi connectivity index (χ1n) is 7.64. The van der Waals surface area contributed by atoms with E-state index in [1.807, 2.05) is 24.3 Å². The summed E-state index contributed by atoms with van der Waals surface area (Å²) >= 11 is 0. The van der Waals surface area contributed by atoms with Gasteiger partial charge in [-0.3, -0.25) is 5.43 Å². The molecule has 0 bridgehead atoms. The lowest BCUT2D eigenvalue weighted by Crippen LogP contribution is -2.15.